The van der Waals surface area contributed by atoms with Crippen molar-refractivity contribution in [1.82, 2.24) is 9.88 Å². The molecule has 1 unspecified atom stereocenters. The van der Waals surface area contributed by atoms with E-state index in [1.807, 2.05) is 50.4 Å². The van der Waals surface area contributed by atoms with Crippen molar-refractivity contribution < 1.29 is 18.7 Å². The number of benzene rings is 1. The summed E-state index contributed by atoms with van der Waals surface area (Å²) >= 11 is 1.51. The maximum atomic E-state index is 14.0. The summed E-state index contributed by atoms with van der Waals surface area (Å²) in [6, 6.07) is 7.74. The highest BCUT2D eigenvalue weighted by Gasteiger charge is 2.57. The lowest BCUT2D eigenvalue weighted by molar-refractivity contribution is -0.152. The van der Waals surface area contributed by atoms with Gasteiger partial charge >= 0.3 is 0 Å². The lowest BCUT2D eigenvalue weighted by atomic mass is 9.99. The van der Waals surface area contributed by atoms with Gasteiger partial charge in [-0.1, -0.05) is 26.0 Å². The van der Waals surface area contributed by atoms with Crippen LogP contribution in [-0.2, 0) is 9.53 Å². The molecule has 0 bridgehead atoms. The zero-order valence-corrected chi connectivity index (χ0v) is 19.2. The number of carbonyl (C=O) groups excluding carboxylic acids is 1. The Balaban J connectivity index is 0.00000124. The quantitative estimate of drug-likeness (QED) is 0.643. The Morgan fingerprint density at radius 1 is 1.33 bits per heavy atom. The van der Waals surface area contributed by atoms with Crippen LogP contribution in [0.2, 0.25) is 0 Å². The number of hydrogen-bond donors (Lipinski definition) is 0. The van der Waals surface area contributed by atoms with Crippen molar-refractivity contribution in [1.29, 1.82) is 0 Å². The third-order valence-electron chi connectivity index (χ3n) is 5.70. The van der Waals surface area contributed by atoms with Crippen LogP contribution in [0.25, 0.3) is 11.3 Å². The molecule has 3 atom stereocenters. The molecule has 2 heterocycles. The molecule has 30 heavy (non-hydrogen) atoms. The van der Waals surface area contributed by atoms with Crippen molar-refractivity contribution >= 4 is 17.2 Å². The first-order valence-corrected chi connectivity index (χ1v) is 11.5. The molecule has 1 aromatic heterocycles. The molecule has 0 spiro atoms. The second kappa shape index (κ2) is 9.43. The fourth-order valence-electron chi connectivity index (χ4n) is 3.90. The lowest BCUT2D eigenvalue weighted by Crippen LogP contribution is -2.50. The number of rotatable bonds is 5. The van der Waals surface area contributed by atoms with Gasteiger partial charge in [0.2, 0.25) is 5.91 Å². The molecule has 2 aromatic rings. The van der Waals surface area contributed by atoms with Crippen LogP contribution >= 0.6 is 11.3 Å². The smallest absolute Gasteiger partial charge is 0.231 e. The minimum Gasteiger partial charge on any atom is -0.496 e. The Morgan fingerprint density at radius 3 is 2.67 bits per heavy atom. The first kappa shape index (κ1) is 22.7. The van der Waals surface area contributed by atoms with Gasteiger partial charge in [0.15, 0.2) is 0 Å². The summed E-state index contributed by atoms with van der Waals surface area (Å²) in [5.74, 6) is 0.686. The number of alkyl halides is 1. The second-order valence-electron chi connectivity index (χ2n) is 7.69. The molecule has 164 valence electrons. The van der Waals surface area contributed by atoms with Gasteiger partial charge in [-0.15, -0.1) is 11.3 Å². The van der Waals surface area contributed by atoms with Crippen molar-refractivity contribution in [3.05, 3.63) is 34.7 Å². The predicted molar refractivity (Wildman–Crippen MR) is 118 cm³/mol. The van der Waals surface area contributed by atoms with E-state index >= 15 is 0 Å². The van der Waals surface area contributed by atoms with Crippen LogP contribution in [0.5, 0.6) is 5.75 Å². The van der Waals surface area contributed by atoms with Crippen LogP contribution in [-0.4, -0.2) is 48.3 Å². The number of halogens is 1. The summed E-state index contributed by atoms with van der Waals surface area (Å²) < 4.78 is 25.5. The zero-order valence-electron chi connectivity index (χ0n) is 18.4. The van der Waals surface area contributed by atoms with E-state index in [0.29, 0.717) is 25.9 Å². The topological polar surface area (TPSA) is 51.7 Å². The summed E-state index contributed by atoms with van der Waals surface area (Å²) in [6.07, 6.45) is -0.267. The van der Waals surface area contributed by atoms with Gasteiger partial charge in [-0.25, -0.2) is 9.37 Å². The Morgan fingerprint density at radius 2 is 2.03 bits per heavy atom. The molecule has 0 radical (unpaired) electrons. The van der Waals surface area contributed by atoms with Crippen LogP contribution in [0.4, 0.5) is 4.39 Å². The van der Waals surface area contributed by atoms with Crippen LogP contribution in [0.1, 0.15) is 51.6 Å². The normalized spacial score (nSPS) is 23.2. The number of methoxy groups -OCH3 is 1. The van der Waals surface area contributed by atoms with E-state index in [4.69, 9.17) is 14.5 Å². The minimum atomic E-state index is -1.12. The number of aromatic nitrogens is 1. The highest BCUT2D eigenvalue weighted by molar-refractivity contribution is 7.10. The molecule has 2 fully saturated rings. The number of amides is 1. The van der Waals surface area contributed by atoms with E-state index in [0.717, 1.165) is 22.0 Å². The monoisotopic (exact) mass is 434 g/mol. The lowest BCUT2D eigenvalue weighted by Gasteiger charge is -2.38. The Hall–Kier alpha value is -1.99. The van der Waals surface area contributed by atoms with Crippen LogP contribution in [0, 0.1) is 5.41 Å². The summed E-state index contributed by atoms with van der Waals surface area (Å²) in [4.78, 5) is 19.5. The SMILES string of the molecule is CC.COc1ccccc1-c1csc([C@H]2CN(C(=O)C3(C(C)F)CC3)C[C@@H](C)O2)n1. The Labute approximate surface area is 182 Å². The summed E-state index contributed by atoms with van der Waals surface area (Å²) in [6.45, 7) is 8.34. The fraction of sp³-hybridized carbons (Fsp3) is 0.565. The number of thiazole rings is 1. The van der Waals surface area contributed by atoms with Gasteiger partial charge in [-0.3, -0.25) is 4.79 Å². The summed E-state index contributed by atoms with van der Waals surface area (Å²) in [5.41, 5.74) is 0.938. The van der Waals surface area contributed by atoms with Gasteiger partial charge in [0, 0.05) is 17.5 Å². The van der Waals surface area contributed by atoms with Crippen molar-refractivity contribution in [2.24, 2.45) is 5.41 Å². The van der Waals surface area contributed by atoms with Gasteiger partial charge in [0.25, 0.3) is 0 Å². The average molecular weight is 435 g/mol. The van der Waals surface area contributed by atoms with Crippen molar-refractivity contribution in [2.75, 3.05) is 20.2 Å². The fourth-order valence-corrected chi connectivity index (χ4v) is 4.75. The molecule has 0 N–H and O–H groups in total. The van der Waals surface area contributed by atoms with Gasteiger partial charge < -0.3 is 14.4 Å². The highest BCUT2D eigenvalue weighted by atomic mass is 32.1. The van der Waals surface area contributed by atoms with E-state index in [1.165, 1.54) is 18.3 Å². The number of hydrogen-bond acceptors (Lipinski definition) is 5. The maximum absolute atomic E-state index is 14.0. The van der Waals surface area contributed by atoms with Crippen LogP contribution < -0.4 is 4.74 Å². The number of para-hydroxylation sites is 1. The summed E-state index contributed by atoms with van der Waals surface area (Å²) in [7, 11) is 1.64. The van der Waals surface area contributed by atoms with Gasteiger partial charge in [0.05, 0.1) is 30.9 Å². The van der Waals surface area contributed by atoms with E-state index in [1.54, 1.807) is 12.0 Å². The van der Waals surface area contributed by atoms with E-state index in [-0.39, 0.29) is 18.1 Å². The van der Waals surface area contributed by atoms with E-state index in [2.05, 4.69) is 0 Å². The molecule has 1 aromatic carbocycles. The Bertz CT molecular complexity index is 866. The molecule has 2 aliphatic rings. The third-order valence-corrected chi connectivity index (χ3v) is 6.64. The first-order chi connectivity index (χ1) is 14.4. The molecule has 5 nitrogen and oxygen atoms in total. The van der Waals surface area contributed by atoms with Crippen molar-refractivity contribution in [3.8, 4) is 17.0 Å². The highest BCUT2D eigenvalue weighted by Crippen LogP contribution is 2.52. The number of ether oxygens (including phenoxy) is 2. The van der Waals surface area contributed by atoms with Crippen molar-refractivity contribution in [3.63, 3.8) is 0 Å². The Kier molecular flexibility index (Phi) is 7.14. The first-order valence-electron chi connectivity index (χ1n) is 10.6. The number of morpholine rings is 1. The van der Waals surface area contributed by atoms with Gasteiger partial charge in [0.1, 0.15) is 23.0 Å². The molecule has 1 saturated heterocycles. The largest absolute Gasteiger partial charge is 0.496 e. The molecule has 7 heteroatoms. The summed E-state index contributed by atoms with van der Waals surface area (Å²) in [5, 5.41) is 2.80. The predicted octanol–water partition coefficient (Wildman–Crippen LogP) is 5.27. The zero-order chi connectivity index (χ0) is 21.9. The van der Waals surface area contributed by atoms with E-state index in [9.17, 15) is 9.18 Å². The standard InChI is InChI=1S/C21H25FN2O3S.C2H6/c1-13-10-24(20(25)21(8-9-21)14(2)22)11-18(27-13)19-23-16(12-28-19)15-6-4-5-7-17(15)26-3;1-2/h4-7,12-14,18H,8-11H2,1-3H3;1-2H3/t13-,14?,18-;/m1./s1. The van der Waals surface area contributed by atoms with Gasteiger partial charge in [-0.05, 0) is 38.8 Å². The molecule has 1 amide bonds. The number of nitrogens with zero attached hydrogens (tertiary/aromatic N) is 2. The minimum absolute atomic E-state index is 0.0795. The third kappa shape index (κ3) is 4.37. The van der Waals surface area contributed by atoms with Gasteiger partial charge in [-0.2, -0.15) is 0 Å². The maximum Gasteiger partial charge on any atom is 0.231 e. The van der Waals surface area contributed by atoms with Crippen molar-refractivity contribution in [2.45, 2.75) is 58.9 Å². The molecular weight excluding hydrogens is 403 g/mol. The second-order valence-corrected chi connectivity index (χ2v) is 8.58. The van der Waals surface area contributed by atoms with Crippen LogP contribution in [0.3, 0.4) is 0 Å². The molecule has 1 saturated carbocycles. The average Bonchev–Trinajstić information content (AvgIpc) is 3.44. The van der Waals surface area contributed by atoms with E-state index < -0.39 is 11.6 Å². The molecular formula is C23H31FN2O3S. The molecule has 1 aliphatic heterocycles. The molecule has 4 rings (SSSR count). The number of carbonyl (C=O) groups is 1. The molecule has 1 aliphatic carbocycles. The van der Waals surface area contributed by atoms with Crippen LogP contribution in [0.15, 0.2) is 29.6 Å².